The molecule has 0 bridgehead atoms. The van der Waals surface area contributed by atoms with E-state index in [4.69, 9.17) is 9.52 Å². The zero-order chi connectivity index (χ0) is 11.5. The topological polar surface area (TPSA) is 53.6 Å². The quantitative estimate of drug-likeness (QED) is 0.832. The highest BCUT2D eigenvalue weighted by atomic mass is 16.4. The molecule has 2 aromatic rings. The minimum absolute atomic E-state index is 0.0915. The molecule has 0 aliphatic carbocycles. The van der Waals surface area contributed by atoms with E-state index < -0.39 is 6.10 Å². The van der Waals surface area contributed by atoms with Crippen LogP contribution in [0.1, 0.15) is 24.4 Å². The van der Waals surface area contributed by atoms with Crippen LogP contribution in [0.5, 0.6) is 0 Å². The van der Waals surface area contributed by atoms with Gasteiger partial charge in [0.05, 0.1) is 6.10 Å². The number of aliphatic hydroxyl groups excluding tert-OH is 2. The molecule has 1 aromatic carbocycles. The first-order valence-electron chi connectivity index (χ1n) is 5.18. The molecule has 1 heterocycles. The molecular weight excluding hydrogens is 204 g/mol. The second-order valence-electron chi connectivity index (χ2n) is 3.72. The Hall–Kier alpha value is -1.58. The van der Waals surface area contributed by atoms with Crippen LogP contribution >= 0.6 is 0 Å². The Morgan fingerprint density at radius 2 is 1.81 bits per heavy atom. The van der Waals surface area contributed by atoms with Gasteiger partial charge in [0.25, 0.3) is 0 Å². The maximum atomic E-state index is 9.37. The molecule has 16 heavy (non-hydrogen) atoms. The molecular formula is C13H14O3. The number of hydrogen-bond donors (Lipinski definition) is 2. The van der Waals surface area contributed by atoms with E-state index in [0.717, 1.165) is 16.9 Å². The summed E-state index contributed by atoms with van der Waals surface area (Å²) in [6.45, 7) is 1.64. The van der Waals surface area contributed by atoms with Gasteiger partial charge in [-0.25, -0.2) is 0 Å². The smallest absolute Gasteiger partial charge is 0.134 e. The maximum absolute atomic E-state index is 9.37. The molecule has 0 saturated heterocycles. The zero-order valence-electron chi connectivity index (χ0n) is 9.05. The maximum Gasteiger partial charge on any atom is 0.134 e. The van der Waals surface area contributed by atoms with E-state index in [-0.39, 0.29) is 6.61 Å². The Bertz CT molecular complexity index is 454. The van der Waals surface area contributed by atoms with Crippen LogP contribution in [-0.4, -0.2) is 10.2 Å². The van der Waals surface area contributed by atoms with E-state index in [2.05, 4.69) is 0 Å². The number of rotatable bonds is 3. The third-order valence-electron chi connectivity index (χ3n) is 2.50. The van der Waals surface area contributed by atoms with E-state index >= 15 is 0 Å². The molecule has 1 aromatic heterocycles. The SMILES string of the molecule is CC(O)c1ccc(-c2ccc(CO)o2)cc1. The van der Waals surface area contributed by atoms with Gasteiger partial charge in [0.1, 0.15) is 18.1 Å². The summed E-state index contributed by atoms with van der Waals surface area (Å²) in [5, 5.41) is 18.3. The lowest BCUT2D eigenvalue weighted by atomic mass is 10.1. The highest BCUT2D eigenvalue weighted by Crippen LogP contribution is 2.24. The summed E-state index contributed by atoms with van der Waals surface area (Å²) in [6, 6.07) is 11.1. The first kappa shape index (κ1) is 10.9. The first-order valence-corrected chi connectivity index (χ1v) is 5.18. The highest BCUT2D eigenvalue weighted by molar-refractivity contribution is 5.58. The molecule has 0 aliphatic heterocycles. The molecule has 0 radical (unpaired) electrons. The lowest BCUT2D eigenvalue weighted by Crippen LogP contribution is -1.89. The van der Waals surface area contributed by atoms with Crippen LogP contribution < -0.4 is 0 Å². The average molecular weight is 218 g/mol. The second kappa shape index (κ2) is 4.51. The highest BCUT2D eigenvalue weighted by Gasteiger charge is 2.05. The molecule has 1 atom stereocenters. The summed E-state index contributed by atoms with van der Waals surface area (Å²) >= 11 is 0. The lowest BCUT2D eigenvalue weighted by Gasteiger charge is -2.04. The van der Waals surface area contributed by atoms with Crippen molar-refractivity contribution in [1.82, 2.24) is 0 Å². The Morgan fingerprint density at radius 3 is 2.31 bits per heavy atom. The van der Waals surface area contributed by atoms with Crippen LogP contribution in [0.3, 0.4) is 0 Å². The van der Waals surface area contributed by atoms with E-state index in [1.54, 1.807) is 13.0 Å². The van der Waals surface area contributed by atoms with Gasteiger partial charge in [-0.3, -0.25) is 0 Å². The minimum Gasteiger partial charge on any atom is -0.459 e. The average Bonchev–Trinajstić information content (AvgIpc) is 2.77. The lowest BCUT2D eigenvalue weighted by molar-refractivity contribution is 0.199. The molecule has 2 N–H and O–H groups in total. The van der Waals surface area contributed by atoms with Gasteiger partial charge in [-0.1, -0.05) is 24.3 Å². The van der Waals surface area contributed by atoms with Crippen molar-refractivity contribution >= 4 is 0 Å². The predicted octanol–water partition coefficient (Wildman–Crippen LogP) is 2.49. The minimum atomic E-state index is -0.460. The summed E-state index contributed by atoms with van der Waals surface area (Å²) in [7, 11) is 0. The van der Waals surface area contributed by atoms with Crippen molar-refractivity contribution in [2.75, 3.05) is 0 Å². The summed E-state index contributed by atoms with van der Waals surface area (Å²) in [4.78, 5) is 0. The van der Waals surface area contributed by atoms with Crippen molar-refractivity contribution in [3.63, 3.8) is 0 Å². The number of benzene rings is 1. The van der Waals surface area contributed by atoms with Gasteiger partial charge in [-0.05, 0) is 24.6 Å². The summed E-state index contributed by atoms with van der Waals surface area (Å²) in [6.07, 6.45) is -0.460. The summed E-state index contributed by atoms with van der Waals surface area (Å²) < 4.78 is 5.41. The molecule has 0 aliphatic rings. The molecule has 3 heteroatoms. The predicted molar refractivity (Wildman–Crippen MR) is 60.7 cm³/mol. The largest absolute Gasteiger partial charge is 0.459 e. The fraction of sp³-hybridized carbons (Fsp3) is 0.231. The second-order valence-corrected chi connectivity index (χ2v) is 3.72. The summed E-state index contributed by atoms with van der Waals surface area (Å²) in [5.41, 5.74) is 1.81. The van der Waals surface area contributed by atoms with Gasteiger partial charge >= 0.3 is 0 Å². The summed E-state index contributed by atoms with van der Waals surface area (Å²) in [5.74, 6) is 1.27. The molecule has 0 spiro atoms. The van der Waals surface area contributed by atoms with Crippen molar-refractivity contribution in [1.29, 1.82) is 0 Å². The fourth-order valence-corrected chi connectivity index (χ4v) is 1.54. The van der Waals surface area contributed by atoms with Gasteiger partial charge in [0.2, 0.25) is 0 Å². The molecule has 0 amide bonds. The molecule has 3 nitrogen and oxygen atoms in total. The monoisotopic (exact) mass is 218 g/mol. The van der Waals surface area contributed by atoms with E-state index in [1.165, 1.54) is 0 Å². The van der Waals surface area contributed by atoms with Gasteiger partial charge in [0.15, 0.2) is 0 Å². The van der Waals surface area contributed by atoms with E-state index in [0.29, 0.717) is 5.76 Å². The normalized spacial score (nSPS) is 12.7. The Balaban J connectivity index is 2.27. The third-order valence-corrected chi connectivity index (χ3v) is 2.50. The molecule has 84 valence electrons. The van der Waals surface area contributed by atoms with Crippen LogP contribution in [0, 0.1) is 0 Å². The van der Waals surface area contributed by atoms with Crippen molar-refractivity contribution in [2.45, 2.75) is 19.6 Å². The number of aliphatic hydroxyl groups is 2. The standard InChI is InChI=1S/C13H14O3/c1-9(15)10-2-4-11(5-3-10)13-7-6-12(8-14)16-13/h2-7,9,14-15H,8H2,1H3. The van der Waals surface area contributed by atoms with Gasteiger partial charge in [-0.2, -0.15) is 0 Å². The third kappa shape index (κ3) is 2.15. The molecule has 0 saturated carbocycles. The van der Waals surface area contributed by atoms with Crippen molar-refractivity contribution in [3.8, 4) is 11.3 Å². The van der Waals surface area contributed by atoms with Crippen LogP contribution in [0.2, 0.25) is 0 Å². The zero-order valence-corrected chi connectivity index (χ0v) is 9.05. The van der Waals surface area contributed by atoms with Crippen LogP contribution in [0.4, 0.5) is 0 Å². The molecule has 0 fully saturated rings. The Kier molecular flexibility index (Phi) is 3.08. The Labute approximate surface area is 94.0 Å². The van der Waals surface area contributed by atoms with Gasteiger partial charge in [0, 0.05) is 5.56 Å². The van der Waals surface area contributed by atoms with Crippen LogP contribution in [0.25, 0.3) is 11.3 Å². The van der Waals surface area contributed by atoms with Crippen LogP contribution in [0.15, 0.2) is 40.8 Å². The Morgan fingerprint density at radius 1 is 1.12 bits per heavy atom. The molecule has 2 rings (SSSR count). The van der Waals surface area contributed by atoms with Crippen molar-refractivity contribution in [2.24, 2.45) is 0 Å². The van der Waals surface area contributed by atoms with Crippen molar-refractivity contribution < 1.29 is 14.6 Å². The van der Waals surface area contributed by atoms with Crippen molar-refractivity contribution in [3.05, 3.63) is 47.7 Å². The van der Waals surface area contributed by atoms with E-state index in [1.807, 2.05) is 30.3 Å². The first-order chi connectivity index (χ1) is 7.70. The van der Waals surface area contributed by atoms with Gasteiger partial charge in [-0.15, -0.1) is 0 Å². The van der Waals surface area contributed by atoms with Gasteiger partial charge < -0.3 is 14.6 Å². The molecule has 1 unspecified atom stereocenters. The van der Waals surface area contributed by atoms with E-state index in [9.17, 15) is 5.11 Å². The number of hydrogen-bond acceptors (Lipinski definition) is 3. The fourth-order valence-electron chi connectivity index (χ4n) is 1.54. The number of furan rings is 1. The van der Waals surface area contributed by atoms with Crippen LogP contribution in [-0.2, 0) is 6.61 Å².